The van der Waals surface area contributed by atoms with Gasteiger partial charge in [0.15, 0.2) is 0 Å². The molecule has 0 radical (unpaired) electrons. The zero-order valence-electron chi connectivity index (χ0n) is 13.4. The van der Waals surface area contributed by atoms with Crippen molar-refractivity contribution in [3.63, 3.8) is 0 Å². The van der Waals surface area contributed by atoms with Gasteiger partial charge in [-0.05, 0) is 79.2 Å². The molecule has 1 N–H and O–H groups in total. The van der Waals surface area contributed by atoms with E-state index < -0.39 is 0 Å². The van der Waals surface area contributed by atoms with Gasteiger partial charge in [0.2, 0.25) is 0 Å². The van der Waals surface area contributed by atoms with Gasteiger partial charge in [0, 0.05) is 28.6 Å². The third-order valence-corrected chi connectivity index (χ3v) is 5.64. The Hall–Kier alpha value is -1.08. The lowest BCUT2D eigenvalue weighted by Crippen LogP contribution is -2.31. The molecule has 4 rings (SSSR count). The predicted octanol–water partition coefficient (Wildman–Crippen LogP) is 3.47. The average Bonchev–Trinajstić information content (AvgIpc) is 3.18. The van der Waals surface area contributed by atoms with E-state index in [1.165, 1.54) is 53.0 Å². The van der Waals surface area contributed by atoms with Crippen molar-refractivity contribution in [2.45, 2.75) is 32.1 Å². The Morgan fingerprint density at radius 3 is 2.65 bits per heavy atom. The molecule has 0 aliphatic carbocycles. The monoisotopic (exact) mass is 422 g/mol. The van der Waals surface area contributed by atoms with Crippen LogP contribution in [0.5, 0.6) is 0 Å². The molecule has 122 valence electrons. The highest BCUT2D eigenvalue weighted by Crippen LogP contribution is 2.29. The predicted molar refractivity (Wildman–Crippen MR) is 102 cm³/mol. The highest BCUT2D eigenvalue weighted by molar-refractivity contribution is 14.1. The molecule has 5 heteroatoms. The van der Waals surface area contributed by atoms with E-state index in [0.717, 1.165) is 31.6 Å². The number of nitrogens with one attached hydrogen (secondary N) is 1. The summed E-state index contributed by atoms with van der Waals surface area (Å²) in [5.74, 6) is 1.21. The summed E-state index contributed by atoms with van der Waals surface area (Å²) in [6.45, 7) is 4.71. The van der Waals surface area contributed by atoms with Crippen molar-refractivity contribution >= 4 is 28.4 Å². The molecular formula is C18H23IN4. The molecule has 4 nitrogen and oxygen atoms in total. The quantitative estimate of drug-likeness (QED) is 0.767. The summed E-state index contributed by atoms with van der Waals surface area (Å²) in [5.41, 5.74) is 3.87. The zero-order valence-corrected chi connectivity index (χ0v) is 15.6. The summed E-state index contributed by atoms with van der Waals surface area (Å²) in [7, 11) is 0. The number of nitrogens with zero attached hydrogens (tertiary/aromatic N) is 3. The fraction of sp³-hybridized carbons (Fsp3) is 0.500. The first-order valence-electron chi connectivity index (χ1n) is 8.64. The van der Waals surface area contributed by atoms with Gasteiger partial charge in [-0.2, -0.15) is 5.10 Å². The maximum Gasteiger partial charge on any atom is 0.133 e. The van der Waals surface area contributed by atoms with Crippen molar-refractivity contribution in [3.8, 4) is 5.69 Å². The van der Waals surface area contributed by atoms with E-state index in [-0.39, 0.29) is 0 Å². The number of fused-ring (bicyclic) bond motifs is 1. The van der Waals surface area contributed by atoms with Crippen LogP contribution in [-0.4, -0.2) is 40.9 Å². The highest BCUT2D eigenvalue weighted by Gasteiger charge is 2.23. The number of anilines is 1. The van der Waals surface area contributed by atoms with Gasteiger partial charge in [0.05, 0.1) is 11.4 Å². The number of aromatic nitrogens is 2. The Balaban J connectivity index is 1.56. The molecule has 3 heterocycles. The van der Waals surface area contributed by atoms with E-state index in [1.807, 2.05) is 0 Å². The summed E-state index contributed by atoms with van der Waals surface area (Å²) in [4.78, 5) is 2.60. The van der Waals surface area contributed by atoms with Gasteiger partial charge in [-0.3, -0.25) is 0 Å². The normalized spacial score (nSPS) is 18.0. The number of halogens is 1. The Labute approximate surface area is 151 Å². The lowest BCUT2D eigenvalue weighted by Gasteiger charge is -2.26. The topological polar surface area (TPSA) is 33.1 Å². The van der Waals surface area contributed by atoms with E-state index >= 15 is 0 Å². The van der Waals surface area contributed by atoms with Crippen LogP contribution in [0.4, 0.5) is 5.82 Å². The summed E-state index contributed by atoms with van der Waals surface area (Å²) in [6.07, 6.45) is 6.29. The lowest BCUT2D eigenvalue weighted by atomic mass is 10.1. The fourth-order valence-corrected chi connectivity index (χ4v) is 4.02. The van der Waals surface area contributed by atoms with E-state index in [9.17, 15) is 0 Å². The van der Waals surface area contributed by atoms with Crippen molar-refractivity contribution in [2.24, 2.45) is 0 Å². The smallest absolute Gasteiger partial charge is 0.133 e. The van der Waals surface area contributed by atoms with Crippen molar-refractivity contribution in [2.75, 3.05) is 31.5 Å². The second kappa shape index (κ2) is 6.81. The van der Waals surface area contributed by atoms with Gasteiger partial charge >= 0.3 is 0 Å². The SMILES string of the molecule is Ic1ccc(-n2nc(CCN3CCCCC3)c3c2NCC3)cc1. The van der Waals surface area contributed by atoms with Gasteiger partial charge in [-0.25, -0.2) is 4.68 Å². The molecule has 1 fully saturated rings. The van der Waals surface area contributed by atoms with Crippen molar-refractivity contribution in [1.82, 2.24) is 14.7 Å². The van der Waals surface area contributed by atoms with Crippen LogP contribution >= 0.6 is 22.6 Å². The Morgan fingerprint density at radius 1 is 1.09 bits per heavy atom. The van der Waals surface area contributed by atoms with Gasteiger partial charge < -0.3 is 10.2 Å². The van der Waals surface area contributed by atoms with Crippen LogP contribution in [0.3, 0.4) is 0 Å². The minimum absolute atomic E-state index is 1.04. The molecule has 1 aromatic heterocycles. The van der Waals surface area contributed by atoms with Crippen LogP contribution in [0.1, 0.15) is 30.5 Å². The third-order valence-electron chi connectivity index (χ3n) is 4.92. The number of piperidine rings is 1. The third kappa shape index (κ3) is 3.26. The molecular weight excluding hydrogens is 399 g/mol. The Morgan fingerprint density at radius 2 is 1.87 bits per heavy atom. The number of benzene rings is 1. The van der Waals surface area contributed by atoms with Crippen LogP contribution in [0.15, 0.2) is 24.3 Å². The van der Waals surface area contributed by atoms with Crippen LogP contribution in [0.25, 0.3) is 5.69 Å². The Kier molecular flexibility index (Phi) is 4.57. The maximum atomic E-state index is 4.94. The van der Waals surface area contributed by atoms with Crippen molar-refractivity contribution < 1.29 is 0 Å². The van der Waals surface area contributed by atoms with E-state index in [0.29, 0.717) is 0 Å². The average molecular weight is 422 g/mol. The largest absolute Gasteiger partial charge is 0.369 e. The summed E-state index contributed by atoms with van der Waals surface area (Å²) in [5, 5.41) is 8.47. The molecule has 1 saturated heterocycles. The molecule has 23 heavy (non-hydrogen) atoms. The Bertz CT molecular complexity index is 671. The maximum absolute atomic E-state index is 4.94. The molecule has 1 aromatic carbocycles. The molecule has 0 bridgehead atoms. The van der Waals surface area contributed by atoms with Crippen molar-refractivity contribution in [1.29, 1.82) is 0 Å². The first-order chi connectivity index (χ1) is 11.3. The van der Waals surface area contributed by atoms with E-state index in [4.69, 9.17) is 5.10 Å². The second-order valence-electron chi connectivity index (χ2n) is 6.49. The fourth-order valence-electron chi connectivity index (χ4n) is 3.66. The van der Waals surface area contributed by atoms with Crippen LogP contribution in [-0.2, 0) is 12.8 Å². The second-order valence-corrected chi connectivity index (χ2v) is 7.74. The molecule has 0 spiro atoms. The van der Waals surface area contributed by atoms with Gasteiger partial charge in [0.25, 0.3) is 0 Å². The van der Waals surface area contributed by atoms with Crippen LogP contribution in [0, 0.1) is 3.57 Å². The van der Waals surface area contributed by atoms with Gasteiger partial charge in [-0.15, -0.1) is 0 Å². The van der Waals surface area contributed by atoms with Crippen molar-refractivity contribution in [3.05, 3.63) is 39.1 Å². The summed E-state index contributed by atoms with van der Waals surface area (Å²) < 4.78 is 3.36. The summed E-state index contributed by atoms with van der Waals surface area (Å²) >= 11 is 2.35. The van der Waals surface area contributed by atoms with Crippen LogP contribution in [0.2, 0.25) is 0 Å². The molecule has 0 atom stereocenters. The number of likely N-dealkylation sites (tertiary alicyclic amines) is 1. The van der Waals surface area contributed by atoms with E-state index in [1.54, 1.807) is 0 Å². The summed E-state index contributed by atoms with van der Waals surface area (Å²) in [6, 6.07) is 8.60. The number of rotatable bonds is 4. The highest BCUT2D eigenvalue weighted by atomic mass is 127. The molecule has 2 aliphatic rings. The van der Waals surface area contributed by atoms with E-state index in [2.05, 4.69) is 61.8 Å². The minimum atomic E-state index is 1.04. The first-order valence-corrected chi connectivity index (χ1v) is 9.72. The van der Waals surface area contributed by atoms with Gasteiger partial charge in [-0.1, -0.05) is 6.42 Å². The standard InChI is InChI=1S/C18H23IN4/c19-14-4-6-15(7-5-14)23-18-16(8-10-20-18)17(21-23)9-13-22-11-2-1-3-12-22/h4-7,20H,1-3,8-13H2. The lowest BCUT2D eigenvalue weighted by molar-refractivity contribution is 0.230. The molecule has 0 unspecified atom stereocenters. The van der Waals surface area contributed by atoms with Gasteiger partial charge in [0.1, 0.15) is 5.82 Å². The van der Waals surface area contributed by atoms with Crippen LogP contribution < -0.4 is 5.32 Å². The first kappa shape index (κ1) is 15.4. The molecule has 2 aliphatic heterocycles. The number of hydrogen-bond donors (Lipinski definition) is 1. The molecule has 2 aromatic rings. The molecule has 0 saturated carbocycles. The minimum Gasteiger partial charge on any atom is -0.369 e. The zero-order chi connectivity index (χ0) is 15.6. The molecule has 0 amide bonds. The number of hydrogen-bond acceptors (Lipinski definition) is 3.